The molecule has 12 atom stereocenters. The average Bonchev–Trinajstić information content (AvgIpc) is 3.63. The minimum absolute atomic E-state index is 0.205. The van der Waals surface area contributed by atoms with Crippen molar-refractivity contribution >= 4 is 17.7 Å². The monoisotopic (exact) mass is 695 g/mol. The third kappa shape index (κ3) is 7.32. The molecular formula is C33H44F3N5O6S. The van der Waals surface area contributed by atoms with Crippen molar-refractivity contribution in [2.75, 3.05) is 13.2 Å². The van der Waals surface area contributed by atoms with Crippen molar-refractivity contribution in [3.8, 4) is 5.69 Å². The predicted octanol–water partition coefficient (Wildman–Crippen LogP) is 2.78. The number of rotatable bonds is 6. The summed E-state index contributed by atoms with van der Waals surface area (Å²) in [6.45, 7) is 7.55. The van der Waals surface area contributed by atoms with E-state index in [2.05, 4.69) is 34.8 Å². The first-order chi connectivity index (χ1) is 22.9. The van der Waals surface area contributed by atoms with Crippen molar-refractivity contribution in [3.63, 3.8) is 0 Å². The van der Waals surface area contributed by atoms with Crippen LogP contribution >= 0.6 is 11.8 Å². The number of thioether (sulfide) groups is 1. The Bertz CT molecular complexity index is 1480. The van der Waals surface area contributed by atoms with Gasteiger partial charge in [0.25, 0.3) is 0 Å². The summed E-state index contributed by atoms with van der Waals surface area (Å²) in [4.78, 5) is 13.9. The Labute approximate surface area is 281 Å². The van der Waals surface area contributed by atoms with E-state index in [0.29, 0.717) is 49.2 Å². The number of aliphatic hydroxyl groups excluding tert-OH is 3. The van der Waals surface area contributed by atoms with E-state index in [4.69, 9.17) is 9.47 Å². The van der Waals surface area contributed by atoms with Gasteiger partial charge in [-0.3, -0.25) is 4.79 Å². The van der Waals surface area contributed by atoms with Crippen LogP contribution in [-0.2, 0) is 14.3 Å². The number of hydrogen-bond donors (Lipinski definition) is 5. The molecule has 11 nitrogen and oxygen atoms in total. The van der Waals surface area contributed by atoms with Crippen LogP contribution in [-0.4, -0.2) is 97.4 Å². The second kappa shape index (κ2) is 14.8. The zero-order chi connectivity index (χ0) is 34.3. The summed E-state index contributed by atoms with van der Waals surface area (Å²) in [5.74, 6) is -2.93. The first-order valence-electron chi connectivity index (χ1n) is 16.7. The number of aliphatic hydroxyl groups is 3. The molecule has 0 aliphatic carbocycles. The molecule has 2 aromatic rings. The van der Waals surface area contributed by atoms with Crippen molar-refractivity contribution in [3.05, 3.63) is 53.6 Å². The number of allylic oxidation sites excluding steroid dienone is 1. The summed E-state index contributed by atoms with van der Waals surface area (Å²) in [7, 11) is 0. The minimum Gasteiger partial charge on any atom is -0.388 e. The topological polar surface area (TPSA) is 151 Å². The smallest absolute Gasteiger partial charge is 0.240 e. The molecule has 15 heteroatoms. The number of amides is 1. The number of fused-ring (bicyclic) bond motifs is 3. The predicted molar refractivity (Wildman–Crippen MR) is 170 cm³/mol. The van der Waals surface area contributed by atoms with E-state index < -0.39 is 64.6 Å². The molecule has 264 valence electrons. The van der Waals surface area contributed by atoms with Crippen LogP contribution in [0, 0.1) is 41.1 Å². The van der Waals surface area contributed by atoms with Crippen LogP contribution in [0.5, 0.6) is 0 Å². The first kappa shape index (κ1) is 35.3. The van der Waals surface area contributed by atoms with E-state index in [1.165, 1.54) is 6.20 Å². The maximum absolute atomic E-state index is 14.5. The Hall–Kier alpha value is -2.53. The van der Waals surface area contributed by atoms with Gasteiger partial charge in [-0.1, -0.05) is 38.1 Å². The van der Waals surface area contributed by atoms with Crippen LogP contribution in [0.2, 0.25) is 0 Å². The lowest BCUT2D eigenvalue weighted by Gasteiger charge is -2.45. The summed E-state index contributed by atoms with van der Waals surface area (Å²) in [6.07, 6.45) is 2.57. The Balaban J connectivity index is 1.21. The third-order valence-corrected chi connectivity index (χ3v) is 11.4. The quantitative estimate of drug-likeness (QED) is 0.226. The van der Waals surface area contributed by atoms with Crippen LogP contribution in [0.3, 0.4) is 0 Å². The van der Waals surface area contributed by atoms with E-state index in [9.17, 15) is 33.3 Å². The average molecular weight is 696 g/mol. The van der Waals surface area contributed by atoms with E-state index in [1.807, 2.05) is 19.1 Å². The summed E-state index contributed by atoms with van der Waals surface area (Å²) in [6, 6.07) is -0.241. The van der Waals surface area contributed by atoms with Crippen LogP contribution in [0.4, 0.5) is 13.2 Å². The fourth-order valence-corrected chi connectivity index (χ4v) is 8.80. The number of nitrogens with zero attached hydrogens (tertiary/aromatic N) is 3. The van der Waals surface area contributed by atoms with E-state index in [1.54, 1.807) is 0 Å². The molecule has 0 saturated carbocycles. The molecule has 5 unspecified atom stereocenters. The molecule has 2 bridgehead atoms. The van der Waals surface area contributed by atoms with Crippen molar-refractivity contribution < 1.29 is 42.8 Å². The minimum atomic E-state index is -1.58. The van der Waals surface area contributed by atoms with Crippen LogP contribution in [0.25, 0.3) is 5.69 Å². The fraction of sp³-hybridized carbons (Fsp3) is 0.667. The van der Waals surface area contributed by atoms with Gasteiger partial charge in [0.15, 0.2) is 17.5 Å². The van der Waals surface area contributed by atoms with Crippen molar-refractivity contribution in [1.29, 1.82) is 0 Å². The number of halogens is 3. The molecule has 3 fully saturated rings. The Morgan fingerprint density at radius 2 is 1.90 bits per heavy atom. The normalized spacial score (nSPS) is 37.9. The van der Waals surface area contributed by atoms with Gasteiger partial charge in [-0.2, -0.15) is 0 Å². The van der Waals surface area contributed by atoms with E-state index in [0.717, 1.165) is 35.7 Å². The molecule has 5 N–H and O–H groups in total. The lowest BCUT2D eigenvalue weighted by atomic mass is 9.85. The highest BCUT2D eigenvalue weighted by Gasteiger charge is 2.50. The number of carbonyl (C=O) groups excluding carboxylic acids is 1. The molecule has 0 radical (unpaired) electrons. The standard InChI is InChI=1S/C33H44F3N5O6S/c1-15(2)9-17-7-8-46-30-18(10-17)13-37-26(30)32(45)38-25-16(3)5-4-6-24(48-33-29(44)27(42)28(43)31(25)47-33)22-14-41(40-39-22)23-12-20(35)19(34)11-21(23)36/h4-5,11-12,14-18,24-31,33,37,42-44H,6-10,13H2,1-3H3,(H,38,45)/b5-4-/t16-,17+,18+,24+,25-,26+,27?,28?,29?,30-,31?,33?/m1/s1. The number of benzene rings is 1. The van der Waals surface area contributed by atoms with Gasteiger partial charge in [0.2, 0.25) is 5.91 Å². The largest absolute Gasteiger partial charge is 0.388 e. The number of hydrogen-bond acceptors (Lipinski definition) is 10. The van der Waals surface area contributed by atoms with Gasteiger partial charge in [-0.05, 0) is 49.4 Å². The molecule has 6 rings (SSSR count). The molecule has 5 heterocycles. The number of aromatic nitrogens is 3. The van der Waals surface area contributed by atoms with Gasteiger partial charge in [-0.15, -0.1) is 16.9 Å². The molecule has 3 saturated heterocycles. The van der Waals surface area contributed by atoms with Gasteiger partial charge >= 0.3 is 0 Å². The maximum atomic E-state index is 14.5. The highest BCUT2D eigenvalue weighted by Crippen LogP contribution is 2.42. The Morgan fingerprint density at radius 3 is 2.67 bits per heavy atom. The van der Waals surface area contributed by atoms with Crippen molar-refractivity contribution in [2.45, 2.75) is 99.7 Å². The van der Waals surface area contributed by atoms with Crippen molar-refractivity contribution in [2.24, 2.45) is 23.7 Å². The van der Waals surface area contributed by atoms with Crippen LogP contribution in [0.1, 0.15) is 57.4 Å². The lowest BCUT2D eigenvalue weighted by Crippen LogP contribution is -2.65. The number of nitrogens with one attached hydrogen (secondary N) is 2. The molecule has 4 aliphatic heterocycles. The highest BCUT2D eigenvalue weighted by atomic mass is 32.2. The molecule has 0 spiro atoms. The van der Waals surface area contributed by atoms with Crippen LogP contribution < -0.4 is 10.6 Å². The molecule has 4 aliphatic rings. The SMILES string of the molecule is CC(C)C[C@@H]1CCO[C@@H]2[C@H](CN[C@@H]2C(=O)N[C@H]2C3OC(S[C@H](c4cn(-c5cc(F)c(F)cc5F)nn4)C/C=C\[C@H]2C)C(O)C(O)C3O)C1. The van der Waals surface area contributed by atoms with Gasteiger partial charge in [0.1, 0.15) is 41.6 Å². The number of ether oxygens (including phenoxy) is 2. The van der Waals surface area contributed by atoms with Crippen molar-refractivity contribution in [1.82, 2.24) is 25.6 Å². The van der Waals surface area contributed by atoms with E-state index in [-0.39, 0.29) is 29.5 Å². The van der Waals surface area contributed by atoms with Crippen LogP contribution in [0.15, 0.2) is 30.5 Å². The van der Waals surface area contributed by atoms with Gasteiger partial charge < -0.3 is 35.4 Å². The van der Waals surface area contributed by atoms with Gasteiger partial charge in [0.05, 0.1) is 29.3 Å². The lowest BCUT2D eigenvalue weighted by molar-refractivity contribution is -0.207. The zero-order valence-corrected chi connectivity index (χ0v) is 27.9. The second-order valence-electron chi connectivity index (χ2n) is 13.9. The molecule has 1 aromatic heterocycles. The fourth-order valence-electron chi connectivity index (χ4n) is 7.50. The number of carbonyl (C=O) groups is 1. The highest BCUT2D eigenvalue weighted by molar-refractivity contribution is 8.00. The molecule has 1 aromatic carbocycles. The zero-order valence-electron chi connectivity index (χ0n) is 27.1. The first-order valence-corrected chi connectivity index (χ1v) is 17.6. The summed E-state index contributed by atoms with van der Waals surface area (Å²) >= 11 is 1.11. The Kier molecular flexibility index (Phi) is 10.9. The Morgan fingerprint density at radius 1 is 1.12 bits per heavy atom. The van der Waals surface area contributed by atoms with E-state index >= 15 is 0 Å². The van der Waals surface area contributed by atoms with Gasteiger partial charge in [0, 0.05) is 25.3 Å². The summed E-state index contributed by atoms with van der Waals surface area (Å²) < 4.78 is 55.3. The molecular weight excluding hydrogens is 651 g/mol. The third-order valence-electron chi connectivity index (χ3n) is 9.95. The molecule has 1 amide bonds. The maximum Gasteiger partial charge on any atom is 0.240 e. The van der Waals surface area contributed by atoms with Gasteiger partial charge in [-0.25, -0.2) is 17.9 Å². The summed E-state index contributed by atoms with van der Waals surface area (Å²) in [5, 5.41) is 47.0. The second-order valence-corrected chi connectivity index (χ2v) is 15.2. The molecule has 48 heavy (non-hydrogen) atoms. The summed E-state index contributed by atoms with van der Waals surface area (Å²) in [5.41, 5.74) is -1.06.